The largest absolute Gasteiger partial charge is 0.466 e. The van der Waals surface area contributed by atoms with E-state index in [2.05, 4.69) is 74.6 Å². The lowest BCUT2D eigenvalue weighted by Gasteiger charge is -2.41. The second kappa shape index (κ2) is 14.5. The molecule has 0 amide bonds. The molecule has 0 aromatic heterocycles. The van der Waals surface area contributed by atoms with Crippen LogP contribution in [0.4, 0.5) is 0 Å². The number of unbranched alkanes of at least 4 members (excludes halogenated alkanes) is 1. The number of carbonyl (C=O) groups excluding carboxylic acids is 2. The molecule has 2 heterocycles. The molecule has 2 atom stereocenters. The van der Waals surface area contributed by atoms with Gasteiger partial charge in [0.2, 0.25) is 0 Å². The highest BCUT2D eigenvalue weighted by Crippen LogP contribution is 2.54. The van der Waals surface area contributed by atoms with Crippen molar-refractivity contribution in [1.82, 2.24) is 9.80 Å². The summed E-state index contributed by atoms with van der Waals surface area (Å²) in [5.74, 6) is -0.131. The maximum atomic E-state index is 12.2. The molecule has 0 spiro atoms. The fraction of sp³-hybridized carbons (Fsp3) is 0.444. The molecule has 1 aliphatic carbocycles. The zero-order chi connectivity index (χ0) is 30.8. The van der Waals surface area contributed by atoms with E-state index in [1.807, 2.05) is 55.5 Å². The Morgan fingerprint density at radius 2 is 1.86 bits per heavy atom. The number of hydrogen-bond acceptors (Lipinski definition) is 6. The Kier molecular flexibility index (Phi) is 11.3. The zero-order valence-corrected chi connectivity index (χ0v) is 26.0. The Morgan fingerprint density at radius 1 is 1.07 bits per heavy atom. The summed E-state index contributed by atoms with van der Waals surface area (Å²) in [5, 5.41) is 12.2. The minimum Gasteiger partial charge on any atom is -0.466 e. The van der Waals surface area contributed by atoms with Crippen molar-refractivity contribution in [3.8, 4) is 0 Å². The first-order valence-electron chi connectivity index (χ1n) is 15.0. The predicted octanol–water partition coefficient (Wildman–Crippen LogP) is 6.93. The Balaban J connectivity index is 1.85. The van der Waals surface area contributed by atoms with E-state index < -0.39 is 11.1 Å². The molecular weight excluding hydrogens is 524 g/mol. The van der Waals surface area contributed by atoms with Crippen LogP contribution in [0.1, 0.15) is 60.3 Å². The summed E-state index contributed by atoms with van der Waals surface area (Å²) in [6.07, 6.45) is 31.2. The summed E-state index contributed by atoms with van der Waals surface area (Å²) in [7, 11) is 0. The van der Waals surface area contributed by atoms with Gasteiger partial charge in [-0.05, 0) is 43.6 Å². The highest BCUT2D eigenvalue weighted by Gasteiger charge is 2.58. The van der Waals surface area contributed by atoms with Gasteiger partial charge in [0.25, 0.3) is 0 Å². The summed E-state index contributed by atoms with van der Waals surface area (Å²) in [5.41, 5.74) is 1.39. The fourth-order valence-corrected chi connectivity index (χ4v) is 6.02. The number of aldehydes is 1. The van der Waals surface area contributed by atoms with E-state index in [-0.39, 0.29) is 17.3 Å². The van der Waals surface area contributed by atoms with Crippen molar-refractivity contribution in [3.63, 3.8) is 0 Å². The van der Waals surface area contributed by atoms with Crippen LogP contribution in [0.2, 0.25) is 0 Å². The average Bonchev–Trinajstić information content (AvgIpc) is 3.13. The fourth-order valence-electron chi connectivity index (χ4n) is 6.02. The highest BCUT2D eigenvalue weighted by molar-refractivity contribution is 5.69. The number of hydrogen-bond donors (Lipinski definition) is 1. The predicted molar refractivity (Wildman–Crippen MR) is 171 cm³/mol. The van der Waals surface area contributed by atoms with E-state index in [4.69, 9.17) is 4.74 Å². The monoisotopic (exact) mass is 572 g/mol. The molecule has 1 fully saturated rings. The standard InChI is InChI=1S/C36H48N2O4/c1-7-9-19-29-28-37(25-18-23-33(40)42-8-2)32(34(29,3)4)22-14-11-15-24-36(41)35(5,6)30-20-12-10-13-21-31(30)38(36)26-16-17-27-39/h7,9-15,19-22,24,27-28,30,41H,1,8,16-18,23,25-26H2,2-6H3/b14-11+,19-9-,24-15+,32-22+. The van der Waals surface area contributed by atoms with E-state index in [1.165, 1.54) is 0 Å². The number of aliphatic hydroxyl groups is 1. The van der Waals surface area contributed by atoms with Crippen LogP contribution in [0.5, 0.6) is 0 Å². The van der Waals surface area contributed by atoms with Gasteiger partial charge in [0.15, 0.2) is 5.72 Å². The molecule has 42 heavy (non-hydrogen) atoms. The van der Waals surface area contributed by atoms with E-state index in [0.29, 0.717) is 45.4 Å². The molecule has 0 bridgehead atoms. The van der Waals surface area contributed by atoms with Gasteiger partial charge in [-0.2, -0.15) is 0 Å². The van der Waals surface area contributed by atoms with Crippen molar-refractivity contribution in [2.75, 3.05) is 19.7 Å². The molecule has 1 N–H and O–H groups in total. The van der Waals surface area contributed by atoms with Crippen LogP contribution < -0.4 is 0 Å². The smallest absolute Gasteiger partial charge is 0.305 e. The summed E-state index contributed by atoms with van der Waals surface area (Å²) in [6, 6.07) is 0. The molecule has 3 rings (SSSR count). The van der Waals surface area contributed by atoms with Crippen LogP contribution in [0, 0.1) is 16.7 Å². The lowest BCUT2D eigenvalue weighted by molar-refractivity contribution is -0.143. The Hall–Kier alpha value is -3.64. The third-order valence-electron chi connectivity index (χ3n) is 8.53. The Labute approximate surface area is 252 Å². The Bertz CT molecular complexity index is 1240. The molecule has 6 heteroatoms. The maximum Gasteiger partial charge on any atom is 0.305 e. The third kappa shape index (κ3) is 7.04. The van der Waals surface area contributed by atoms with Crippen LogP contribution in [0.15, 0.2) is 109 Å². The van der Waals surface area contributed by atoms with Crippen molar-refractivity contribution in [3.05, 3.63) is 109 Å². The summed E-state index contributed by atoms with van der Waals surface area (Å²) in [4.78, 5) is 27.2. The molecule has 1 saturated heterocycles. The van der Waals surface area contributed by atoms with E-state index in [0.717, 1.165) is 23.3 Å². The van der Waals surface area contributed by atoms with Crippen LogP contribution >= 0.6 is 0 Å². The first kappa shape index (κ1) is 32.9. The second-order valence-corrected chi connectivity index (χ2v) is 11.9. The Morgan fingerprint density at radius 3 is 2.57 bits per heavy atom. The van der Waals surface area contributed by atoms with Crippen LogP contribution in [0.25, 0.3) is 0 Å². The van der Waals surface area contributed by atoms with Gasteiger partial charge >= 0.3 is 5.97 Å². The number of ether oxygens (including phenoxy) is 1. The zero-order valence-electron chi connectivity index (χ0n) is 26.0. The van der Waals surface area contributed by atoms with Crippen molar-refractivity contribution in [1.29, 1.82) is 0 Å². The number of esters is 1. The quantitative estimate of drug-likeness (QED) is 0.105. The number of fused-ring (bicyclic) bond motifs is 1. The molecule has 3 aliphatic rings. The number of likely N-dealkylation sites (tertiary alicyclic amines) is 1. The van der Waals surface area contributed by atoms with Crippen molar-refractivity contribution in [2.24, 2.45) is 16.7 Å². The number of allylic oxidation sites excluding steroid dienone is 13. The minimum atomic E-state index is -1.23. The van der Waals surface area contributed by atoms with Crippen LogP contribution in [0.3, 0.4) is 0 Å². The lowest BCUT2D eigenvalue weighted by Crippen LogP contribution is -2.50. The summed E-state index contributed by atoms with van der Waals surface area (Å²) >= 11 is 0. The van der Waals surface area contributed by atoms with Gasteiger partial charge in [0.1, 0.15) is 6.29 Å². The van der Waals surface area contributed by atoms with Gasteiger partial charge < -0.3 is 24.4 Å². The molecular formula is C36H48N2O4. The van der Waals surface area contributed by atoms with E-state index in [9.17, 15) is 14.7 Å². The van der Waals surface area contributed by atoms with Crippen molar-refractivity contribution in [2.45, 2.75) is 66.0 Å². The van der Waals surface area contributed by atoms with Crippen molar-refractivity contribution >= 4 is 12.3 Å². The van der Waals surface area contributed by atoms with E-state index >= 15 is 0 Å². The molecule has 0 saturated carbocycles. The van der Waals surface area contributed by atoms with Crippen LogP contribution in [-0.4, -0.2) is 52.6 Å². The van der Waals surface area contributed by atoms with Gasteiger partial charge in [-0.15, -0.1) is 0 Å². The SMILES string of the molecule is C=C/C=C\C1=CN(CCCC(=O)OCC)/C(=C/C=C/C=C/C2(O)N(CCCC=O)C3=CC=CC=CC3C2(C)C)C1(C)C. The van der Waals surface area contributed by atoms with Gasteiger partial charge in [-0.3, -0.25) is 4.79 Å². The minimum absolute atomic E-state index is 0.0417. The topological polar surface area (TPSA) is 70.1 Å². The molecule has 6 nitrogen and oxygen atoms in total. The third-order valence-corrected chi connectivity index (χ3v) is 8.53. The van der Waals surface area contributed by atoms with Gasteiger partial charge in [0, 0.05) is 60.3 Å². The van der Waals surface area contributed by atoms with E-state index in [1.54, 1.807) is 6.08 Å². The molecule has 0 aromatic carbocycles. The molecule has 2 aliphatic heterocycles. The van der Waals surface area contributed by atoms with Crippen molar-refractivity contribution < 1.29 is 19.4 Å². The molecule has 0 radical (unpaired) electrons. The highest BCUT2D eigenvalue weighted by atomic mass is 16.5. The van der Waals surface area contributed by atoms with Gasteiger partial charge in [-0.25, -0.2) is 0 Å². The maximum absolute atomic E-state index is 12.2. The number of carbonyl (C=O) groups is 2. The lowest BCUT2D eigenvalue weighted by atomic mass is 9.73. The second-order valence-electron chi connectivity index (χ2n) is 11.9. The molecule has 2 unspecified atom stereocenters. The molecule has 0 aromatic rings. The normalized spacial score (nSPS) is 25.4. The van der Waals surface area contributed by atoms with Crippen LogP contribution in [-0.2, 0) is 14.3 Å². The average molecular weight is 573 g/mol. The number of rotatable bonds is 14. The first-order chi connectivity index (χ1) is 20.0. The number of nitrogens with zero attached hydrogens (tertiary/aromatic N) is 2. The van der Waals surface area contributed by atoms with Gasteiger partial charge in [0.05, 0.1) is 6.61 Å². The summed E-state index contributed by atoms with van der Waals surface area (Å²) < 4.78 is 5.10. The van der Waals surface area contributed by atoms with Gasteiger partial charge in [-0.1, -0.05) is 95.0 Å². The first-order valence-corrected chi connectivity index (χ1v) is 15.0. The summed E-state index contributed by atoms with van der Waals surface area (Å²) in [6.45, 7) is 15.9. The molecule has 226 valence electrons.